The van der Waals surface area contributed by atoms with Gasteiger partial charge in [-0.3, -0.25) is 19.1 Å². The first-order valence-corrected chi connectivity index (χ1v) is 12.8. The molecule has 1 N–H and O–H groups in total. The van der Waals surface area contributed by atoms with Gasteiger partial charge in [-0.2, -0.15) is 13.8 Å². The van der Waals surface area contributed by atoms with Crippen molar-refractivity contribution in [2.24, 2.45) is 0 Å². The number of alkyl halides is 2. The summed E-state index contributed by atoms with van der Waals surface area (Å²) in [5, 5.41) is 10.6. The van der Waals surface area contributed by atoms with Crippen LogP contribution in [0, 0.1) is 0 Å². The molecule has 39 heavy (non-hydrogen) atoms. The zero-order valence-corrected chi connectivity index (χ0v) is 22.1. The maximum Gasteiger partial charge on any atom is 0.394 e. The van der Waals surface area contributed by atoms with E-state index in [-0.39, 0.29) is 54.1 Å². The number of hydrogen-bond acceptors (Lipinski definition) is 6. The molecule has 1 fully saturated rings. The monoisotopic (exact) mass is 560 g/mol. The molecular formula is C27H27ClF2N4O5. The van der Waals surface area contributed by atoms with Crippen molar-refractivity contribution in [3.05, 3.63) is 64.8 Å². The molecule has 0 bridgehead atoms. The number of halogens is 3. The summed E-state index contributed by atoms with van der Waals surface area (Å²) < 4.78 is 39.1. The number of carbonyl (C=O) groups is 2. The number of amides is 2. The minimum absolute atomic E-state index is 0.0170. The summed E-state index contributed by atoms with van der Waals surface area (Å²) in [7, 11) is 1.53. The van der Waals surface area contributed by atoms with Gasteiger partial charge in [-0.05, 0) is 49.1 Å². The lowest BCUT2D eigenvalue weighted by molar-refractivity contribution is -0.159. The van der Waals surface area contributed by atoms with Crippen molar-refractivity contribution in [1.82, 2.24) is 14.5 Å². The van der Waals surface area contributed by atoms with E-state index in [9.17, 15) is 23.5 Å². The van der Waals surface area contributed by atoms with Crippen LogP contribution in [-0.4, -0.2) is 63.2 Å². The van der Waals surface area contributed by atoms with E-state index in [2.05, 4.69) is 9.72 Å². The van der Waals surface area contributed by atoms with Crippen molar-refractivity contribution in [2.75, 3.05) is 18.5 Å². The molecule has 9 nitrogen and oxygen atoms in total. The van der Waals surface area contributed by atoms with Crippen LogP contribution in [0.2, 0.25) is 5.02 Å². The molecule has 0 saturated heterocycles. The summed E-state index contributed by atoms with van der Waals surface area (Å²) in [4.78, 5) is 34.4. The number of hydrogen-bond donors (Lipinski definition) is 1. The summed E-state index contributed by atoms with van der Waals surface area (Å²) in [6.45, 7) is 0.627. The van der Waals surface area contributed by atoms with E-state index in [4.69, 9.17) is 16.3 Å². The van der Waals surface area contributed by atoms with E-state index >= 15 is 0 Å². The highest BCUT2D eigenvalue weighted by molar-refractivity contribution is 6.30. The molecule has 206 valence electrons. The molecule has 0 unspecified atom stereocenters. The number of rotatable bonds is 7. The van der Waals surface area contributed by atoms with Gasteiger partial charge in [-0.1, -0.05) is 29.8 Å². The standard InChI is InChI=1S/C27H27ClF2N4O5/c1-27(29,30)39-21-5-3-4-20(13-21)38-26-31-24-23(34(26)14-16-6-8-17(28)9-7-16)25(37)33(15-22(36)32(24)2)18-10-11-19(35)12-18/h3-9,13,18-19,35H,10-12,14-15H2,1-2H3/t18-,19-/m0/s1. The van der Waals surface area contributed by atoms with Gasteiger partial charge in [0.1, 0.15) is 18.0 Å². The molecule has 2 aromatic carbocycles. The normalized spacial score (nSPS) is 19.7. The number of carbonyl (C=O) groups excluding carboxylic acids is 2. The van der Waals surface area contributed by atoms with E-state index in [0.29, 0.717) is 31.2 Å². The average Bonchev–Trinajstić information content (AvgIpc) is 3.43. The molecule has 1 aromatic heterocycles. The minimum atomic E-state index is -3.39. The highest BCUT2D eigenvalue weighted by atomic mass is 35.5. The maximum absolute atomic E-state index is 14.0. The Morgan fingerprint density at radius 1 is 1.13 bits per heavy atom. The molecule has 1 aliphatic carbocycles. The number of ether oxygens (including phenoxy) is 2. The first-order valence-electron chi connectivity index (χ1n) is 12.4. The molecule has 3 aromatic rings. The summed E-state index contributed by atoms with van der Waals surface area (Å²) in [5.41, 5.74) is 0.920. The molecule has 2 atom stereocenters. The highest BCUT2D eigenvalue weighted by Crippen LogP contribution is 2.36. The van der Waals surface area contributed by atoms with Gasteiger partial charge >= 0.3 is 12.1 Å². The van der Waals surface area contributed by atoms with Crippen LogP contribution in [0.1, 0.15) is 42.2 Å². The SMILES string of the molecule is CN1C(=O)CN([C@H]2CC[C@H](O)C2)C(=O)c2c1nc(Oc1cccc(OC(C)(F)F)c1)n2Cc1ccc(Cl)cc1. The number of fused-ring (bicyclic) bond motifs is 1. The largest absolute Gasteiger partial charge is 0.433 e. The van der Waals surface area contributed by atoms with Crippen molar-refractivity contribution in [1.29, 1.82) is 0 Å². The predicted octanol–water partition coefficient (Wildman–Crippen LogP) is 4.70. The second-order valence-corrected chi connectivity index (χ2v) is 10.2. The Balaban J connectivity index is 1.58. The molecule has 2 heterocycles. The Kier molecular flexibility index (Phi) is 7.21. The van der Waals surface area contributed by atoms with Gasteiger partial charge in [0, 0.05) is 31.1 Å². The van der Waals surface area contributed by atoms with E-state index in [0.717, 1.165) is 5.56 Å². The Labute approximate surface area is 228 Å². The van der Waals surface area contributed by atoms with E-state index in [1.807, 2.05) is 0 Å². The van der Waals surface area contributed by atoms with Crippen molar-refractivity contribution in [3.63, 3.8) is 0 Å². The highest BCUT2D eigenvalue weighted by Gasteiger charge is 2.41. The molecule has 2 amide bonds. The topological polar surface area (TPSA) is 97.1 Å². The molecule has 5 rings (SSSR count). The summed E-state index contributed by atoms with van der Waals surface area (Å²) in [5.74, 6) is -0.617. The third-order valence-electron chi connectivity index (χ3n) is 6.76. The van der Waals surface area contributed by atoms with Gasteiger partial charge in [0.05, 0.1) is 12.6 Å². The minimum Gasteiger partial charge on any atom is -0.433 e. The predicted molar refractivity (Wildman–Crippen MR) is 139 cm³/mol. The van der Waals surface area contributed by atoms with Gasteiger partial charge in [0.25, 0.3) is 5.91 Å². The fourth-order valence-corrected chi connectivity index (χ4v) is 4.99. The number of aliphatic hydroxyl groups is 1. The van der Waals surface area contributed by atoms with E-state index < -0.39 is 18.1 Å². The first-order chi connectivity index (χ1) is 18.5. The molecule has 1 aliphatic heterocycles. The first kappa shape index (κ1) is 26.9. The Hall–Kier alpha value is -3.70. The molecule has 2 aliphatic rings. The Bertz CT molecular complexity index is 1390. The third-order valence-corrected chi connectivity index (χ3v) is 7.01. The van der Waals surface area contributed by atoms with Crippen molar-refractivity contribution in [3.8, 4) is 17.5 Å². The number of aliphatic hydroxyl groups excluding tert-OH is 1. The van der Waals surface area contributed by atoms with Crippen LogP contribution < -0.4 is 14.4 Å². The summed E-state index contributed by atoms with van der Waals surface area (Å²) >= 11 is 6.06. The third kappa shape index (κ3) is 5.84. The average molecular weight is 561 g/mol. The van der Waals surface area contributed by atoms with Crippen LogP contribution in [0.5, 0.6) is 17.5 Å². The van der Waals surface area contributed by atoms with E-state index in [1.54, 1.807) is 28.8 Å². The Morgan fingerprint density at radius 2 is 1.85 bits per heavy atom. The number of benzene rings is 2. The summed E-state index contributed by atoms with van der Waals surface area (Å²) in [6, 6.07) is 12.4. The number of likely N-dealkylation sites (N-methyl/N-ethyl adjacent to an activating group) is 1. The van der Waals surface area contributed by atoms with Gasteiger partial charge < -0.3 is 19.5 Å². The van der Waals surface area contributed by atoms with Crippen molar-refractivity contribution < 1.29 is 33.0 Å². The lowest BCUT2D eigenvalue weighted by atomic mass is 10.2. The second kappa shape index (κ2) is 10.5. The van der Waals surface area contributed by atoms with Gasteiger partial charge in [-0.15, -0.1) is 0 Å². The second-order valence-electron chi connectivity index (χ2n) is 9.77. The van der Waals surface area contributed by atoms with Gasteiger partial charge in [0.15, 0.2) is 11.5 Å². The molecule has 0 spiro atoms. The fourth-order valence-electron chi connectivity index (χ4n) is 4.87. The van der Waals surface area contributed by atoms with Crippen LogP contribution >= 0.6 is 11.6 Å². The van der Waals surface area contributed by atoms with Gasteiger partial charge in [0.2, 0.25) is 5.91 Å². The van der Waals surface area contributed by atoms with Crippen LogP contribution in [0.3, 0.4) is 0 Å². The molecular weight excluding hydrogens is 534 g/mol. The molecule has 12 heteroatoms. The van der Waals surface area contributed by atoms with Crippen LogP contribution in [0.4, 0.5) is 14.6 Å². The van der Waals surface area contributed by atoms with Crippen molar-refractivity contribution in [2.45, 2.75) is 51.0 Å². The Morgan fingerprint density at radius 3 is 2.51 bits per heavy atom. The summed E-state index contributed by atoms with van der Waals surface area (Å²) in [6.07, 6.45) is -2.44. The zero-order valence-electron chi connectivity index (χ0n) is 21.3. The van der Waals surface area contributed by atoms with E-state index in [1.165, 1.54) is 41.1 Å². The fraction of sp³-hybridized carbons (Fsp3) is 0.370. The smallest absolute Gasteiger partial charge is 0.394 e. The lowest BCUT2D eigenvalue weighted by Gasteiger charge is -2.27. The molecule has 0 radical (unpaired) electrons. The lowest BCUT2D eigenvalue weighted by Crippen LogP contribution is -2.44. The number of nitrogens with zero attached hydrogens (tertiary/aromatic N) is 4. The molecule has 1 saturated carbocycles. The maximum atomic E-state index is 14.0. The number of imidazole rings is 1. The number of anilines is 1. The van der Waals surface area contributed by atoms with Crippen LogP contribution in [-0.2, 0) is 11.3 Å². The van der Waals surface area contributed by atoms with Gasteiger partial charge in [-0.25, -0.2) is 0 Å². The van der Waals surface area contributed by atoms with Crippen LogP contribution in [0.25, 0.3) is 0 Å². The quantitative estimate of drug-likeness (QED) is 0.450. The number of aromatic nitrogens is 2. The zero-order chi connectivity index (χ0) is 27.9. The van der Waals surface area contributed by atoms with Crippen molar-refractivity contribution >= 4 is 29.2 Å². The van der Waals surface area contributed by atoms with Crippen LogP contribution in [0.15, 0.2) is 48.5 Å².